The van der Waals surface area contributed by atoms with Gasteiger partial charge in [-0.1, -0.05) is 30.3 Å². The van der Waals surface area contributed by atoms with Gasteiger partial charge in [-0.25, -0.2) is 9.89 Å². The second-order valence-corrected chi connectivity index (χ2v) is 6.12. The molecular weight excluding hydrogens is 362 g/mol. The van der Waals surface area contributed by atoms with Crippen molar-refractivity contribution >= 4 is 34.1 Å². The number of fused-ring (bicyclic) bond motifs is 1. The van der Waals surface area contributed by atoms with E-state index in [1.807, 2.05) is 0 Å². The van der Waals surface area contributed by atoms with Crippen LogP contribution in [0.3, 0.4) is 0 Å². The van der Waals surface area contributed by atoms with E-state index in [1.165, 1.54) is 19.9 Å². The summed E-state index contributed by atoms with van der Waals surface area (Å²) < 4.78 is 5.19. The topological polar surface area (TPSA) is 118 Å². The Bertz CT molecular complexity index is 1140. The summed E-state index contributed by atoms with van der Waals surface area (Å²) in [5.74, 6) is -1.54. The molecule has 1 heterocycles. The standard InChI is InChI=1S/C20H17N3O5/c1-11(24)13-6-5-7-14(10-13)21-18(25)12(2)28-20(27)17-15-8-3-4-9-16(15)19(26)23-22-17/h3-10,12H,1-2H3,(H,21,25)(H,23,26)/t12-/m1/s1. The molecule has 1 amide bonds. The highest BCUT2D eigenvalue weighted by Gasteiger charge is 2.22. The molecule has 0 spiro atoms. The molecule has 0 radical (unpaired) electrons. The van der Waals surface area contributed by atoms with Crippen LogP contribution in [0.4, 0.5) is 5.69 Å². The Morgan fingerprint density at radius 3 is 2.50 bits per heavy atom. The Morgan fingerprint density at radius 1 is 1.07 bits per heavy atom. The number of Topliss-reactive ketones (excluding diaryl/α,β-unsaturated/α-hetero) is 1. The van der Waals surface area contributed by atoms with E-state index in [0.717, 1.165) is 0 Å². The van der Waals surface area contributed by atoms with E-state index in [2.05, 4.69) is 15.5 Å². The first-order valence-electron chi connectivity index (χ1n) is 8.47. The van der Waals surface area contributed by atoms with Crippen molar-refractivity contribution in [3.05, 3.63) is 70.1 Å². The van der Waals surface area contributed by atoms with Crippen LogP contribution in [0.1, 0.15) is 34.7 Å². The zero-order valence-electron chi connectivity index (χ0n) is 15.2. The molecule has 3 aromatic rings. The van der Waals surface area contributed by atoms with Crippen LogP contribution in [-0.4, -0.2) is 34.0 Å². The van der Waals surface area contributed by atoms with Gasteiger partial charge in [0.2, 0.25) is 0 Å². The second kappa shape index (κ2) is 7.83. The average molecular weight is 379 g/mol. The Kier molecular flexibility index (Phi) is 5.30. The van der Waals surface area contributed by atoms with E-state index in [-0.39, 0.29) is 11.5 Å². The number of aromatic nitrogens is 2. The predicted octanol–water partition coefficient (Wildman–Crippen LogP) is 2.31. The smallest absolute Gasteiger partial charge is 0.360 e. The number of anilines is 1. The highest BCUT2D eigenvalue weighted by Crippen LogP contribution is 2.15. The molecule has 3 rings (SSSR count). The summed E-state index contributed by atoms with van der Waals surface area (Å²) in [6, 6.07) is 12.9. The Labute approximate surface area is 159 Å². The molecule has 0 fully saturated rings. The van der Waals surface area contributed by atoms with Gasteiger partial charge in [0.05, 0.1) is 5.39 Å². The summed E-state index contributed by atoms with van der Waals surface area (Å²) in [4.78, 5) is 48.0. The Morgan fingerprint density at radius 2 is 1.79 bits per heavy atom. The van der Waals surface area contributed by atoms with Crippen LogP contribution < -0.4 is 10.9 Å². The van der Waals surface area contributed by atoms with Crippen molar-refractivity contribution in [2.75, 3.05) is 5.32 Å². The normalized spacial score (nSPS) is 11.6. The summed E-state index contributed by atoms with van der Waals surface area (Å²) in [6.45, 7) is 2.84. The summed E-state index contributed by atoms with van der Waals surface area (Å²) in [6.07, 6.45) is -1.12. The number of carbonyl (C=O) groups excluding carboxylic acids is 3. The number of hydrogen-bond donors (Lipinski definition) is 2. The van der Waals surface area contributed by atoms with Crippen molar-refractivity contribution in [1.82, 2.24) is 10.2 Å². The lowest BCUT2D eigenvalue weighted by atomic mass is 10.1. The summed E-state index contributed by atoms with van der Waals surface area (Å²) in [7, 11) is 0. The maximum Gasteiger partial charge on any atom is 0.360 e. The molecule has 142 valence electrons. The van der Waals surface area contributed by atoms with Gasteiger partial charge >= 0.3 is 5.97 Å². The van der Waals surface area contributed by atoms with Crippen molar-refractivity contribution in [3.63, 3.8) is 0 Å². The fourth-order valence-electron chi connectivity index (χ4n) is 2.60. The fourth-order valence-corrected chi connectivity index (χ4v) is 2.60. The molecule has 0 saturated heterocycles. The number of H-pyrrole nitrogens is 1. The van der Waals surface area contributed by atoms with Gasteiger partial charge in [-0.3, -0.25) is 14.4 Å². The second-order valence-electron chi connectivity index (χ2n) is 6.12. The highest BCUT2D eigenvalue weighted by atomic mass is 16.5. The molecule has 0 aliphatic carbocycles. The lowest BCUT2D eigenvalue weighted by Gasteiger charge is -2.14. The third kappa shape index (κ3) is 3.96. The van der Waals surface area contributed by atoms with Crippen LogP contribution in [0, 0.1) is 0 Å². The lowest BCUT2D eigenvalue weighted by Crippen LogP contribution is -2.30. The molecule has 0 unspecified atom stereocenters. The van der Waals surface area contributed by atoms with Gasteiger partial charge in [-0.2, -0.15) is 5.10 Å². The van der Waals surface area contributed by atoms with Gasteiger partial charge in [-0.05, 0) is 32.0 Å². The van der Waals surface area contributed by atoms with Crippen molar-refractivity contribution in [2.24, 2.45) is 0 Å². The molecule has 1 atom stereocenters. The minimum atomic E-state index is -1.12. The number of esters is 1. The molecule has 1 aromatic heterocycles. The number of rotatable bonds is 5. The average Bonchev–Trinajstić information content (AvgIpc) is 2.68. The van der Waals surface area contributed by atoms with E-state index >= 15 is 0 Å². The molecule has 0 aliphatic rings. The van der Waals surface area contributed by atoms with Gasteiger partial charge in [0.1, 0.15) is 0 Å². The van der Waals surface area contributed by atoms with Gasteiger partial charge in [0.15, 0.2) is 17.6 Å². The highest BCUT2D eigenvalue weighted by molar-refractivity contribution is 6.04. The summed E-state index contributed by atoms with van der Waals surface area (Å²) >= 11 is 0. The predicted molar refractivity (Wildman–Crippen MR) is 102 cm³/mol. The quantitative estimate of drug-likeness (QED) is 0.519. The number of ether oxygens (including phenoxy) is 1. The number of ketones is 1. The van der Waals surface area contributed by atoms with Crippen molar-refractivity contribution in [2.45, 2.75) is 20.0 Å². The first-order chi connectivity index (χ1) is 13.4. The van der Waals surface area contributed by atoms with Gasteiger partial charge < -0.3 is 10.1 Å². The number of benzene rings is 2. The lowest BCUT2D eigenvalue weighted by molar-refractivity contribution is -0.123. The number of aromatic amines is 1. The molecule has 0 aliphatic heterocycles. The fraction of sp³-hybridized carbons (Fsp3) is 0.150. The van der Waals surface area contributed by atoms with Crippen molar-refractivity contribution in [1.29, 1.82) is 0 Å². The van der Waals surface area contributed by atoms with Crippen LogP contribution in [0.25, 0.3) is 10.8 Å². The Hall–Kier alpha value is -3.81. The molecule has 0 bridgehead atoms. The molecule has 2 aromatic carbocycles. The van der Waals surface area contributed by atoms with Crippen LogP contribution in [0.5, 0.6) is 0 Å². The van der Waals surface area contributed by atoms with Gasteiger partial charge in [-0.15, -0.1) is 0 Å². The SMILES string of the molecule is CC(=O)c1cccc(NC(=O)[C@@H](C)OC(=O)c2n[nH]c(=O)c3ccccc23)c1. The van der Waals surface area contributed by atoms with Crippen LogP contribution >= 0.6 is 0 Å². The molecule has 8 nitrogen and oxygen atoms in total. The number of amides is 1. The summed E-state index contributed by atoms with van der Waals surface area (Å²) in [5.41, 5.74) is 0.344. The minimum Gasteiger partial charge on any atom is -0.448 e. The minimum absolute atomic E-state index is 0.0894. The van der Waals surface area contributed by atoms with E-state index in [0.29, 0.717) is 22.0 Å². The molecular formula is C20H17N3O5. The van der Waals surface area contributed by atoms with E-state index < -0.39 is 23.5 Å². The molecule has 2 N–H and O–H groups in total. The van der Waals surface area contributed by atoms with Crippen molar-refractivity contribution < 1.29 is 19.1 Å². The first kappa shape index (κ1) is 19.0. The van der Waals surface area contributed by atoms with Crippen LogP contribution in [0.2, 0.25) is 0 Å². The maximum absolute atomic E-state index is 12.4. The zero-order valence-corrected chi connectivity index (χ0v) is 15.2. The largest absolute Gasteiger partial charge is 0.448 e. The number of hydrogen-bond acceptors (Lipinski definition) is 6. The van der Waals surface area contributed by atoms with E-state index in [4.69, 9.17) is 4.74 Å². The van der Waals surface area contributed by atoms with E-state index in [1.54, 1.807) is 42.5 Å². The number of nitrogens with zero attached hydrogens (tertiary/aromatic N) is 1. The van der Waals surface area contributed by atoms with Crippen LogP contribution in [0.15, 0.2) is 53.3 Å². The zero-order chi connectivity index (χ0) is 20.3. The molecule has 28 heavy (non-hydrogen) atoms. The van der Waals surface area contributed by atoms with Crippen LogP contribution in [-0.2, 0) is 9.53 Å². The third-order valence-corrected chi connectivity index (χ3v) is 4.08. The number of carbonyl (C=O) groups is 3. The molecule has 0 saturated carbocycles. The number of nitrogens with one attached hydrogen (secondary N) is 2. The van der Waals surface area contributed by atoms with Crippen molar-refractivity contribution in [3.8, 4) is 0 Å². The summed E-state index contributed by atoms with van der Waals surface area (Å²) in [5, 5.41) is 9.22. The van der Waals surface area contributed by atoms with Gasteiger partial charge in [0.25, 0.3) is 11.5 Å². The van der Waals surface area contributed by atoms with Gasteiger partial charge in [0, 0.05) is 16.6 Å². The first-order valence-corrected chi connectivity index (χ1v) is 8.47. The maximum atomic E-state index is 12.4. The molecule has 8 heteroatoms. The Balaban J connectivity index is 1.75. The van der Waals surface area contributed by atoms with E-state index in [9.17, 15) is 19.2 Å². The monoisotopic (exact) mass is 379 g/mol. The third-order valence-electron chi connectivity index (χ3n) is 4.08.